The molecule has 154 valence electrons. The molecule has 0 saturated carbocycles. The van der Waals surface area contributed by atoms with Crippen molar-refractivity contribution in [2.24, 2.45) is 0 Å². The molecule has 3 aromatic carbocycles. The maximum atomic E-state index is 13.1. The number of benzene rings is 3. The first kappa shape index (κ1) is 21.3. The Morgan fingerprint density at radius 1 is 0.517 bits per heavy atom. The van der Waals surface area contributed by atoms with Crippen LogP contribution >= 0.6 is 10.9 Å². The summed E-state index contributed by atoms with van der Waals surface area (Å²) in [7, 11) is -1.19. The van der Waals surface area contributed by atoms with E-state index < -0.39 is 34.4 Å². The van der Waals surface area contributed by atoms with Gasteiger partial charge in [-0.25, -0.2) is 0 Å². The topological polar surface area (TPSA) is 20.2 Å². The Morgan fingerprint density at radius 2 is 0.862 bits per heavy atom. The van der Waals surface area contributed by atoms with Crippen LogP contribution in [0.2, 0.25) is 0 Å². The molecule has 0 aromatic heterocycles. The average molecular weight is 430 g/mol. The molecule has 0 aliphatic heterocycles. The van der Waals surface area contributed by atoms with Crippen molar-refractivity contribution in [2.45, 2.75) is 32.6 Å². The summed E-state index contributed by atoms with van der Waals surface area (Å²) in [5.41, 5.74) is -6.20. The lowest BCUT2D eigenvalue weighted by Gasteiger charge is -2.33. The fraction of sp³-hybridized carbons (Fsp3) is 0.143. The third-order valence-corrected chi connectivity index (χ3v) is 6.84. The Bertz CT molecular complexity index is 883. The van der Waals surface area contributed by atoms with E-state index in [1.807, 2.05) is 60.7 Å². The fourth-order valence-corrected chi connectivity index (χ4v) is 5.22. The van der Waals surface area contributed by atoms with Gasteiger partial charge in [0.2, 0.25) is 0 Å². The van der Waals surface area contributed by atoms with E-state index in [9.17, 15) is 31.4 Å². The van der Waals surface area contributed by atoms with Crippen LogP contribution in [-0.4, -0.2) is 17.5 Å². The molecule has 1 N–H and O–H groups in total. The van der Waals surface area contributed by atoms with E-state index in [1.54, 1.807) is 0 Å². The summed E-state index contributed by atoms with van der Waals surface area (Å²) in [5.74, 6) is 0. The summed E-state index contributed by atoms with van der Waals surface area (Å²) in [4.78, 5) is 2.35. The van der Waals surface area contributed by atoms with Gasteiger partial charge in [-0.2, -0.15) is 37.2 Å². The number of hydrogen-bond donors (Lipinski definition) is 2. The zero-order valence-corrected chi connectivity index (χ0v) is 15.6. The third-order valence-electron chi connectivity index (χ3n) is 4.39. The van der Waals surface area contributed by atoms with Crippen LogP contribution in [-0.2, 0) is 5.60 Å². The van der Waals surface area contributed by atoms with Crippen molar-refractivity contribution in [3.8, 4) is 0 Å². The van der Waals surface area contributed by atoms with E-state index in [2.05, 4.69) is 0 Å². The average Bonchev–Trinajstić information content (AvgIpc) is 2.68. The van der Waals surface area contributed by atoms with Gasteiger partial charge in [0.15, 0.2) is 0 Å². The predicted molar refractivity (Wildman–Crippen MR) is 99.1 cm³/mol. The molecule has 3 aromatic rings. The van der Waals surface area contributed by atoms with E-state index in [0.717, 1.165) is 9.79 Å². The summed E-state index contributed by atoms with van der Waals surface area (Å²) in [6, 6.07) is 22.1. The molecule has 0 heterocycles. The van der Waals surface area contributed by atoms with Crippen molar-refractivity contribution in [1.82, 2.24) is 0 Å². The Balaban J connectivity index is 2.09. The minimum atomic E-state index is -5.91. The SMILES string of the molecule is OC(c1ccc([SH](c2ccccc2)c2ccccc2)cc1)(C(F)(F)F)C(F)(F)F. The molecule has 0 saturated heterocycles. The van der Waals surface area contributed by atoms with E-state index >= 15 is 0 Å². The number of thiol groups is 1. The van der Waals surface area contributed by atoms with Gasteiger partial charge in [0.05, 0.1) is 0 Å². The van der Waals surface area contributed by atoms with Gasteiger partial charge in [-0.1, -0.05) is 48.5 Å². The Hall–Kier alpha value is -2.45. The first-order chi connectivity index (χ1) is 13.6. The van der Waals surface area contributed by atoms with Crippen LogP contribution in [0.3, 0.4) is 0 Å². The van der Waals surface area contributed by atoms with Crippen LogP contribution in [0.1, 0.15) is 5.56 Å². The molecule has 0 atom stereocenters. The van der Waals surface area contributed by atoms with E-state index in [1.165, 1.54) is 12.1 Å². The number of aliphatic hydroxyl groups is 1. The third kappa shape index (κ3) is 4.00. The van der Waals surface area contributed by atoms with Crippen molar-refractivity contribution in [3.05, 3.63) is 90.5 Å². The standard InChI is InChI=1S/C21H16F6OS/c22-20(23,24)19(28,21(25,26)27)15-11-13-18(14-12-15)29(16-7-3-1-4-8-16)17-9-5-2-6-10-17/h1-14,28-29H. The Kier molecular flexibility index (Phi) is 5.69. The van der Waals surface area contributed by atoms with Gasteiger partial charge in [0, 0.05) is 5.56 Å². The highest BCUT2D eigenvalue weighted by Gasteiger charge is 2.71. The number of alkyl halides is 6. The number of halogens is 6. The summed E-state index contributed by atoms with van der Waals surface area (Å²) in [6.45, 7) is 0. The molecule has 1 nitrogen and oxygen atoms in total. The monoisotopic (exact) mass is 430 g/mol. The zero-order valence-electron chi connectivity index (χ0n) is 14.7. The molecule has 0 aliphatic rings. The first-order valence-corrected chi connectivity index (χ1v) is 9.76. The zero-order chi connectivity index (χ0) is 21.3. The lowest BCUT2D eigenvalue weighted by molar-refractivity contribution is -0.376. The minimum Gasteiger partial charge on any atom is -0.369 e. The molecule has 0 unspecified atom stereocenters. The fourth-order valence-electron chi connectivity index (χ4n) is 2.94. The molecular weight excluding hydrogens is 414 g/mol. The highest BCUT2D eigenvalue weighted by atomic mass is 32.2. The van der Waals surface area contributed by atoms with E-state index in [4.69, 9.17) is 0 Å². The predicted octanol–water partition coefficient (Wildman–Crippen LogP) is 6.48. The van der Waals surface area contributed by atoms with Gasteiger partial charge < -0.3 is 5.11 Å². The van der Waals surface area contributed by atoms with Crippen LogP contribution in [0, 0.1) is 0 Å². The van der Waals surface area contributed by atoms with Gasteiger partial charge in [0.25, 0.3) is 5.60 Å². The molecule has 0 bridgehead atoms. The maximum absolute atomic E-state index is 13.1. The first-order valence-electron chi connectivity index (χ1n) is 8.42. The molecule has 0 fully saturated rings. The number of rotatable bonds is 4. The Labute approximate surface area is 166 Å². The second-order valence-corrected chi connectivity index (χ2v) is 8.48. The molecule has 0 radical (unpaired) electrons. The second kappa shape index (κ2) is 7.76. The normalized spacial score (nSPS) is 13.3. The highest BCUT2D eigenvalue weighted by Crippen LogP contribution is 2.53. The maximum Gasteiger partial charge on any atom is 0.430 e. The highest BCUT2D eigenvalue weighted by molar-refractivity contribution is 8.17. The molecule has 3 rings (SSSR count). The van der Waals surface area contributed by atoms with Gasteiger partial charge in [-0.3, -0.25) is 0 Å². The molecule has 8 heteroatoms. The van der Waals surface area contributed by atoms with Crippen LogP contribution in [0.25, 0.3) is 0 Å². The van der Waals surface area contributed by atoms with Gasteiger partial charge >= 0.3 is 12.4 Å². The van der Waals surface area contributed by atoms with Gasteiger partial charge in [0.1, 0.15) is 0 Å². The lowest BCUT2D eigenvalue weighted by atomic mass is 9.92. The van der Waals surface area contributed by atoms with Gasteiger partial charge in [-0.15, -0.1) is 0 Å². The largest absolute Gasteiger partial charge is 0.430 e. The van der Waals surface area contributed by atoms with Crippen molar-refractivity contribution in [2.75, 3.05) is 0 Å². The van der Waals surface area contributed by atoms with Crippen LogP contribution in [0.15, 0.2) is 99.6 Å². The lowest BCUT2D eigenvalue weighted by Crippen LogP contribution is -2.53. The quantitative estimate of drug-likeness (QED) is 0.359. The van der Waals surface area contributed by atoms with Crippen LogP contribution < -0.4 is 0 Å². The summed E-state index contributed by atoms with van der Waals surface area (Å²) < 4.78 is 78.7. The molecule has 0 spiro atoms. The van der Waals surface area contributed by atoms with Crippen molar-refractivity contribution < 1.29 is 31.4 Å². The molecule has 0 aliphatic carbocycles. The van der Waals surface area contributed by atoms with Crippen molar-refractivity contribution >= 4 is 10.9 Å². The molecule has 29 heavy (non-hydrogen) atoms. The second-order valence-electron chi connectivity index (χ2n) is 6.26. The van der Waals surface area contributed by atoms with Crippen molar-refractivity contribution in [1.29, 1.82) is 0 Å². The van der Waals surface area contributed by atoms with E-state index in [0.29, 0.717) is 17.0 Å². The molecule has 0 amide bonds. The van der Waals surface area contributed by atoms with Crippen molar-refractivity contribution in [3.63, 3.8) is 0 Å². The minimum absolute atomic E-state index is 0.563. The van der Waals surface area contributed by atoms with Gasteiger partial charge in [-0.05, 0) is 51.1 Å². The van der Waals surface area contributed by atoms with Crippen LogP contribution in [0.4, 0.5) is 26.3 Å². The Morgan fingerprint density at radius 3 is 1.21 bits per heavy atom. The van der Waals surface area contributed by atoms with Crippen LogP contribution in [0.5, 0.6) is 0 Å². The summed E-state index contributed by atoms with van der Waals surface area (Å²) >= 11 is 0. The molecular formula is C21H16F6OS. The number of hydrogen-bond acceptors (Lipinski definition) is 1. The van der Waals surface area contributed by atoms with E-state index in [-0.39, 0.29) is 0 Å². The summed E-state index contributed by atoms with van der Waals surface area (Å²) in [5, 5.41) is 9.57. The smallest absolute Gasteiger partial charge is 0.369 e. The summed E-state index contributed by atoms with van der Waals surface area (Å²) in [6.07, 6.45) is -11.8.